The Balaban J connectivity index is 1.56. The number of nitro benzene ring substituents is 1. The van der Waals surface area contributed by atoms with E-state index in [0.717, 1.165) is 0 Å². The topological polar surface area (TPSA) is 124 Å². The molecule has 0 N–H and O–H groups in total. The number of hydrogen-bond donors (Lipinski definition) is 0. The Hall–Kier alpha value is -5.70. The quantitative estimate of drug-likeness (QED) is 0.0716. The molecule has 1 spiro atoms. The van der Waals surface area contributed by atoms with E-state index in [0.29, 0.717) is 22.4 Å². The standard InChI is InChI=1S/C35H24N2O7/c1-20(38)44-27-13-7-10-22-16-19-28-35(33(40)25-11-5-6-12-26(25)34(35)41)29(21-14-17-24(18-15-21)37(42)43)31(36(28)30(22)27)32(39)23-8-3-2-4-9-23/h2-19,28-29,31H,1H3/t28-,29+,31-/m1/s1. The number of para-hydroxylation sites is 1. The first-order valence-corrected chi connectivity index (χ1v) is 14.1. The zero-order chi connectivity index (χ0) is 30.7. The normalized spacial score (nSPS) is 20.7. The summed E-state index contributed by atoms with van der Waals surface area (Å²) in [5.74, 6) is -2.67. The number of esters is 1. The number of fused-ring (bicyclic) bond motifs is 5. The first-order chi connectivity index (χ1) is 21.2. The molecule has 0 saturated carbocycles. The Morgan fingerprint density at radius 2 is 1.48 bits per heavy atom. The Bertz CT molecular complexity index is 1900. The van der Waals surface area contributed by atoms with Gasteiger partial charge in [0.25, 0.3) is 5.69 Å². The number of rotatable bonds is 5. The summed E-state index contributed by atoms with van der Waals surface area (Å²) in [5.41, 5.74) is 0.372. The van der Waals surface area contributed by atoms with Crippen LogP contribution in [-0.4, -0.2) is 40.3 Å². The summed E-state index contributed by atoms with van der Waals surface area (Å²) in [6, 6.07) is 23.9. The highest BCUT2D eigenvalue weighted by atomic mass is 16.6. The number of ether oxygens (including phenoxy) is 1. The maximum absolute atomic E-state index is 14.7. The van der Waals surface area contributed by atoms with Gasteiger partial charge < -0.3 is 9.64 Å². The van der Waals surface area contributed by atoms with E-state index < -0.39 is 45.9 Å². The smallest absolute Gasteiger partial charge is 0.308 e. The van der Waals surface area contributed by atoms with E-state index in [2.05, 4.69) is 0 Å². The second-order valence-corrected chi connectivity index (χ2v) is 11.1. The maximum Gasteiger partial charge on any atom is 0.308 e. The fourth-order valence-corrected chi connectivity index (χ4v) is 7.17. The van der Waals surface area contributed by atoms with Crippen LogP contribution in [0.1, 0.15) is 55.0 Å². The molecule has 9 heteroatoms. The monoisotopic (exact) mass is 584 g/mol. The number of nitro groups is 1. The van der Waals surface area contributed by atoms with E-state index in [9.17, 15) is 29.3 Å². The molecular formula is C35H24N2O7. The van der Waals surface area contributed by atoms with Gasteiger partial charge >= 0.3 is 5.97 Å². The van der Waals surface area contributed by atoms with Gasteiger partial charge in [0.1, 0.15) is 11.5 Å². The summed E-state index contributed by atoms with van der Waals surface area (Å²) in [4.78, 5) is 69.2. The highest BCUT2D eigenvalue weighted by molar-refractivity contribution is 6.32. The molecule has 0 radical (unpaired) electrons. The SMILES string of the molecule is CC(=O)Oc1cccc2c1N1[C@@H](C(=O)c3ccccc3)[C@H](c3ccc([N+](=O)[O-])cc3)C3(C(=O)c4ccccc4C3=O)[C@H]1C=C2. The van der Waals surface area contributed by atoms with Crippen molar-refractivity contribution in [3.05, 3.63) is 141 Å². The highest BCUT2D eigenvalue weighted by Gasteiger charge is 2.71. The van der Waals surface area contributed by atoms with E-state index in [1.807, 2.05) is 0 Å². The van der Waals surface area contributed by atoms with Crippen molar-refractivity contribution < 1.29 is 28.8 Å². The second kappa shape index (κ2) is 9.95. The Kier molecular flexibility index (Phi) is 6.14. The number of anilines is 1. The van der Waals surface area contributed by atoms with Gasteiger partial charge in [0.15, 0.2) is 23.1 Å². The Labute approximate surface area is 251 Å². The van der Waals surface area contributed by atoms with Crippen molar-refractivity contribution >= 4 is 40.8 Å². The second-order valence-electron chi connectivity index (χ2n) is 11.1. The fraction of sp³-hybridized carbons (Fsp3) is 0.143. The van der Waals surface area contributed by atoms with E-state index >= 15 is 0 Å². The largest absolute Gasteiger partial charge is 0.424 e. The molecule has 2 heterocycles. The molecule has 0 amide bonds. The lowest BCUT2D eigenvalue weighted by Gasteiger charge is -2.37. The first-order valence-electron chi connectivity index (χ1n) is 14.1. The van der Waals surface area contributed by atoms with Crippen LogP contribution < -0.4 is 9.64 Å². The average molecular weight is 585 g/mol. The molecule has 1 fully saturated rings. The van der Waals surface area contributed by atoms with Gasteiger partial charge in [-0.05, 0) is 11.6 Å². The van der Waals surface area contributed by atoms with E-state index in [1.54, 1.807) is 89.8 Å². The van der Waals surface area contributed by atoms with Gasteiger partial charge in [-0.25, -0.2) is 0 Å². The third-order valence-electron chi connectivity index (χ3n) is 8.83. The van der Waals surface area contributed by atoms with Crippen LogP contribution in [0, 0.1) is 15.5 Å². The summed E-state index contributed by atoms with van der Waals surface area (Å²) >= 11 is 0. The van der Waals surface area contributed by atoms with Crippen LogP contribution in [0.5, 0.6) is 5.75 Å². The minimum Gasteiger partial charge on any atom is -0.424 e. The van der Waals surface area contributed by atoms with Crippen molar-refractivity contribution in [2.75, 3.05) is 4.90 Å². The molecule has 1 aliphatic carbocycles. The van der Waals surface area contributed by atoms with Crippen molar-refractivity contribution in [1.82, 2.24) is 0 Å². The lowest BCUT2D eigenvalue weighted by molar-refractivity contribution is -0.384. The number of non-ortho nitro benzene ring substituents is 1. The average Bonchev–Trinajstić information content (AvgIpc) is 3.47. The lowest BCUT2D eigenvalue weighted by atomic mass is 9.64. The van der Waals surface area contributed by atoms with Crippen LogP contribution in [0.25, 0.3) is 6.08 Å². The molecule has 44 heavy (non-hydrogen) atoms. The molecule has 2 aliphatic heterocycles. The third-order valence-corrected chi connectivity index (χ3v) is 8.83. The maximum atomic E-state index is 14.7. The van der Waals surface area contributed by atoms with Crippen molar-refractivity contribution in [3.8, 4) is 5.75 Å². The molecule has 3 atom stereocenters. The van der Waals surface area contributed by atoms with Gasteiger partial charge in [-0.2, -0.15) is 0 Å². The predicted molar refractivity (Wildman–Crippen MR) is 161 cm³/mol. The molecule has 4 aromatic carbocycles. The van der Waals surface area contributed by atoms with Gasteiger partial charge in [-0.3, -0.25) is 29.3 Å². The number of hydrogen-bond acceptors (Lipinski definition) is 8. The third kappa shape index (κ3) is 3.72. The van der Waals surface area contributed by atoms with Gasteiger partial charge in [-0.15, -0.1) is 0 Å². The number of carbonyl (C=O) groups is 4. The molecule has 216 valence electrons. The summed E-state index contributed by atoms with van der Waals surface area (Å²) < 4.78 is 5.63. The number of carbonyl (C=O) groups excluding carboxylic acids is 4. The van der Waals surface area contributed by atoms with Crippen molar-refractivity contribution in [3.63, 3.8) is 0 Å². The number of Topliss-reactive ketones (excluding diaryl/α,β-unsaturated/α-hetero) is 3. The lowest BCUT2D eigenvalue weighted by Crippen LogP contribution is -2.48. The van der Waals surface area contributed by atoms with Gasteiger partial charge in [0, 0.05) is 47.2 Å². The molecule has 0 bridgehead atoms. The van der Waals surface area contributed by atoms with Crippen LogP contribution in [0.3, 0.4) is 0 Å². The molecule has 4 aromatic rings. The minimum atomic E-state index is -1.80. The summed E-state index contributed by atoms with van der Waals surface area (Å²) in [5, 5.41) is 11.5. The Morgan fingerprint density at radius 1 is 0.841 bits per heavy atom. The molecule has 1 saturated heterocycles. The highest BCUT2D eigenvalue weighted by Crippen LogP contribution is 2.62. The van der Waals surface area contributed by atoms with Gasteiger partial charge in [-0.1, -0.05) is 91.0 Å². The first kappa shape index (κ1) is 27.2. The zero-order valence-corrected chi connectivity index (χ0v) is 23.4. The molecule has 0 aromatic heterocycles. The summed E-state index contributed by atoms with van der Waals surface area (Å²) in [6.45, 7) is 1.27. The fourth-order valence-electron chi connectivity index (χ4n) is 7.17. The molecule has 7 rings (SSSR count). The van der Waals surface area contributed by atoms with Crippen LogP contribution in [0.15, 0.2) is 103 Å². The van der Waals surface area contributed by atoms with Crippen LogP contribution in [0.4, 0.5) is 11.4 Å². The van der Waals surface area contributed by atoms with E-state index in [-0.39, 0.29) is 28.3 Å². The van der Waals surface area contributed by atoms with Crippen molar-refractivity contribution in [2.24, 2.45) is 5.41 Å². The number of benzene rings is 4. The van der Waals surface area contributed by atoms with E-state index in [1.165, 1.54) is 31.2 Å². The Morgan fingerprint density at radius 3 is 2.09 bits per heavy atom. The zero-order valence-electron chi connectivity index (χ0n) is 23.4. The minimum absolute atomic E-state index is 0.167. The molecular weight excluding hydrogens is 560 g/mol. The summed E-state index contributed by atoms with van der Waals surface area (Å²) in [7, 11) is 0. The number of ketones is 3. The molecule has 3 aliphatic rings. The summed E-state index contributed by atoms with van der Waals surface area (Å²) in [6.07, 6.45) is 3.54. The van der Waals surface area contributed by atoms with Crippen LogP contribution >= 0.6 is 0 Å². The van der Waals surface area contributed by atoms with Gasteiger partial charge in [0.2, 0.25) is 0 Å². The molecule has 0 unspecified atom stereocenters. The van der Waals surface area contributed by atoms with E-state index in [4.69, 9.17) is 4.74 Å². The van der Waals surface area contributed by atoms with Crippen LogP contribution in [0.2, 0.25) is 0 Å². The van der Waals surface area contributed by atoms with Crippen molar-refractivity contribution in [2.45, 2.75) is 24.9 Å². The van der Waals surface area contributed by atoms with Crippen LogP contribution in [-0.2, 0) is 4.79 Å². The number of nitrogens with zero attached hydrogens (tertiary/aromatic N) is 2. The van der Waals surface area contributed by atoms with Crippen molar-refractivity contribution in [1.29, 1.82) is 0 Å². The molecule has 9 nitrogen and oxygen atoms in total. The predicted octanol–water partition coefficient (Wildman–Crippen LogP) is 5.84. The van der Waals surface area contributed by atoms with Gasteiger partial charge in [0.05, 0.1) is 16.7 Å².